The van der Waals surface area contributed by atoms with E-state index in [2.05, 4.69) is 29.1 Å². The van der Waals surface area contributed by atoms with Gasteiger partial charge < -0.3 is 10.1 Å². The van der Waals surface area contributed by atoms with Crippen LogP contribution < -0.4 is 10.1 Å². The van der Waals surface area contributed by atoms with Gasteiger partial charge in [-0.1, -0.05) is 13.8 Å². The van der Waals surface area contributed by atoms with Crippen molar-refractivity contribution in [1.82, 2.24) is 15.3 Å². The summed E-state index contributed by atoms with van der Waals surface area (Å²) in [7, 11) is 0. The molecule has 1 aromatic heterocycles. The molecule has 0 aliphatic heterocycles. The van der Waals surface area contributed by atoms with Crippen molar-refractivity contribution in [3.05, 3.63) is 47.7 Å². The number of aromatic nitrogens is 2. The molecule has 112 valence electrons. The lowest BCUT2D eigenvalue weighted by Gasteiger charge is -2.10. The van der Waals surface area contributed by atoms with Crippen molar-refractivity contribution in [3.63, 3.8) is 0 Å². The van der Waals surface area contributed by atoms with Crippen LogP contribution in [0.3, 0.4) is 0 Å². The van der Waals surface area contributed by atoms with Crippen molar-refractivity contribution >= 4 is 0 Å². The normalized spacial score (nSPS) is 10.9. The minimum Gasteiger partial charge on any atom is -0.437 e. The van der Waals surface area contributed by atoms with E-state index in [4.69, 9.17) is 4.74 Å². The van der Waals surface area contributed by atoms with Crippen LogP contribution in [0.5, 0.6) is 11.6 Å². The molecule has 0 atom stereocenters. The summed E-state index contributed by atoms with van der Waals surface area (Å²) in [6.45, 7) is 7.65. The molecule has 0 saturated carbocycles. The maximum atomic E-state index is 13.1. The zero-order valence-electron chi connectivity index (χ0n) is 12.6. The maximum Gasteiger partial charge on any atom is 0.238 e. The third-order valence-electron chi connectivity index (χ3n) is 2.87. The molecule has 2 rings (SSSR count). The average Bonchev–Trinajstić information content (AvgIpc) is 2.42. The molecule has 1 aromatic carbocycles. The second-order valence-corrected chi connectivity index (χ2v) is 5.39. The first-order valence-electron chi connectivity index (χ1n) is 7.00. The molecule has 1 heterocycles. The highest BCUT2D eigenvalue weighted by molar-refractivity contribution is 5.35. The Bertz CT molecular complexity index is 602. The number of halogens is 1. The van der Waals surface area contributed by atoms with Crippen LogP contribution in [-0.2, 0) is 6.54 Å². The SMILES string of the molecule is Cc1cc(F)ccc1Oc1cncc(CNCC(C)C)n1. The van der Waals surface area contributed by atoms with Crippen LogP contribution in [0.4, 0.5) is 4.39 Å². The van der Waals surface area contributed by atoms with Crippen LogP contribution in [0.1, 0.15) is 25.1 Å². The molecule has 0 radical (unpaired) electrons. The van der Waals surface area contributed by atoms with Gasteiger partial charge in [0.1, 0.15) is 11.6 Å². The Morgan fingerprint density at radius 1 is 1.29 bits per heavy atom. The lowest BCUT2D eigenvalue weighted by molar-refractivity contribution is 0.450. The van der Waals surface area contributed by atoms with Crippen molar-refractivity contribution in [1.29, 1.82) is 0 Å². The monoisotopic (exact) mass is 289 g/mol. The maximum absolute atomic E-state index is 13.1. The molecule has 0 saturated heterocycles. The molecular weight excluding hydrogens is 269 g/mol. The Kier molecular flexibility index (Phi) is 5.22. The molecule has 21 heavy (non-hydrogen) atoms. The van der Waals surface area contributed by atoms with Gasteiger partial charge >= 0.3 is 0 Å². The van der Waals surface area contributed by atoms with E-state index in [0.717, 1.165) is 17.8 Å². The van der Waals surface area contributed by atoms with E-state index >= 15 is 0 Å². The van der Waals surface area contributed by atoms with Crippen LogP contribution in [0.25, 0.3) is 0 Å². The number of ether oxygens (including phenoxy) is 1. The standard InChI is InChI=1S/C16H20FN3O/c1-11(2)7-18-8-14-9-19-10-16(20-14)21-15-5-4-13(17)6-12(15)3/h4-6,9-11,18H,7-8H2,1-3H3. The summed E-state index contributed by atoms with van der Waals surface area (Å²) in [6.07, 6.45) is 3.26. The first kappa shape index (κ1) is 15.4. The van der Waals surface area contributed by atoms with E-state index in [1.807, 2.05) is 0 Å². The molecule has 0 bridgehead atoms. The van der Waals surface area contributed by atoms with Gasteiger partial charge in [0.2, 0.25) is 5.88 Å². The predicted octanol–water partition coefficient (Wildman–Crippen LogP) is 3.46. The number of nitrogens with zero attached hydrogens (tertiary/aromatic N) is 2. The first-order valence-corrected chi connectivity index (χ1v) is 7.00. The van der Waals surface area contributed by atoms with E-state index < -0.39 is 0 Å². The molecule has 0 spiro atoms. The summed E-state index contributed by atoms with van der Waals surface area (Å²) < 4.78 is 18.7. The lowest BCUT2D eigenvalue weighted by Crippen LogP contribution is -2.19. The number of hydrogen-bond acceptors (Lipinski definition) is 4. The Morgan fingerprint density at radius 2 is 2.10 bits per heavy atom. The van der Waals surface area contributed by atoms with Crippen molar-refractivity contribution < 1.29 is 9.13 Å². The van der Waals surface area contributed by atoms with Crippen LogP contribution in [0, 0.1) is 18.7 Å². The van der Waals surface area contributed by atoms with E-state index in [1.54, 1.807) is 25.4 Å². The second kappa shape index (κ2) is 7.13. The summed E-state index contributed by atoms with van der Waals surface area (Å²) in [5.74, 6) is 1.29. The minimum absolute atomic E-state index is 0.280. The zero-order chi connectivity index (χ0) is 15.2. The highest BCUT2D eigenvalue weighted by atomic mass is 19.1. The van der Waals surface area contributed by atoms with Crippen molar-refractivity contribution in [3.8, 4) is 11.6 Å². The van der Waals surface area contributed by atoms with E-state index in [-0.39, 0.29) is 5.82 Å². The Hall–Kier alpha value is -2.01. The summed E-state index contributed by atoms with van der Waals surface area (Å²) in [6, 6.07) is 4.39. The second-order valence-electron chi connectivity index (χ2n) is 5.39. The molecule has 4 nitrogen and oxygen atoms in total. The number of rotatable bonds is 6. The summed E-state index contributed by atoms with van der Waals surface area (Å²) in [4.78, 5) is 8.51. The molecular formula is C16H20FN3O. The number of nitrogens with one attached hydrogen (secondary N) is 1. The van der Waals surface area contributed by atoms with Crippen molar-refractivity contribution in [2.45, 2.75) is 27.3 Å². The van der Waals surface area contributed by atoms with Crippen molar-refractivity contribution in [2.75, 3.05) is 6.54 Å². The van der Waals surface area contributed by atoms with Crippen LogP contribution in [-0.4, -0.2) is 16.5 Å². The van der Waals surface area contributed by atoms with Gasteiger partial charge in [-0.05, 0) is 43.1 Å². The van der Waals surface area contributed by atoms with Gasteiger partial charge in [-0.25, -0.2) is 9.37 Å². The van der Waals surface area contributed by atoms with Gasteiger partial charge in [0.25, 0.3) is 0 Å². The molecule has 5 heteroatoms. The van der Waals surface area contributed by atoms with E-state index in [0.29, 0.717) is 24.1 Å². The molecule has 0 aliphatic rings. The summed E-state index contributed by atoms with van der Waals surface area (Å²) in [5, 5.41) is 3.30. The molecule has 0 unspecified atom stereocenters. The number of aryl methyl sites for hydroxylation is 1. The highest BCUT2D eigenvalue weighted by Crippen LogP contribution is 2.23. The quantitative estimate of drug-likeness (QED) is 0.884. The third-order valence-corrected chi connectivity index (χ3v) is 2.87. The van der Waals surface area contributed by atoms with Crippen LogP contribution in [0.2, 0.25) is 0 Å². The predicted molar refractivity (Wildman–Crippen MR) is 79.8 cm³/mol. The van der Waals surface area contributed by atoms with Gasteiger partial charge in [0, 0.05) is 12.7 Å². The van der Waals surface area contributed by atoms with Gasteiger partial charge in [-0.3, -0.25) is 4.98 Å². The fraction of sp³-hybridized carbons (Fsp3) is 0.375. The van der Waals surface area contributed by atoms with Crippen LogP contribution in [0.15, 0.2) is 30.6 Å². The molecule has 0 amide bonds. The van der Waals surface area contributed by atoms with Crippen LogP contribution >= 0.6 is 0 Å². The van der Waals surface area contributed by atoms with E-state index in [1.165, 1.54) is 12.1 Å². The largest absolute Gasteiger partial charge is 0.437 e. The van der Waals surface area contributed by atoms with Crippen molar-refractivity contribution in [2.24, 2.45) is 5.92 Å². The third kappa shape index (κ3) is 4.79. The lowest BCUT2D eigenvalue weighted by atomic mass is 10.2. The first-order chi connectivity index (χ1) is 10.0. The van der Waals surface area contributed by atoms with Gasteiger partial charge in [0.15, 0.2) is 0 Å². The summed E-state index contributed by atoms with van der Waals surface area (Å²) >= 11 is 0. The number of benzene rings is 1. The topological polar surface area (TPSA) is 47.0 Å². The smallest absolute Gasteiger partial charge is 0.238 e. The zero-order valence-corrected chi connectivity index (χ0v) is 12.6. The summed E-state index contributed by atoms with van der Waals surface area (Å²) in [5.41, 5.74) is 1.54. The molecule has 0 aliphatic carbocycles. The Labute approximate surface area is 124 Å². The molecule has 0 fully saturated rings. The highest BCUT2D eigenvalue weighted by Gasteiger charge is 2.05. The van der Waals surface area contributed by atoms with Gasteiger partial charge in [-0.2, -0.15) is 0 Å². The Morgan fingerprint density at radius 3 is 2.81 bits per heavy atom. The van der Waals surface area contributed by atoms with E-state index in [9.17, 15) is 4.39 Å². The fourth-order valence-electron chi connectivity index (χ4n) is 1.85. The fourth-order valence-corrected chi connectivity index (χ4v) is 1.85. The van der Waals surface area contributed by atoms with Gasteiger partial charge in [0.05, 0.1) is 11.9 Å². The molecule has 1 N–H and O–H groups in total. The minimum atomic E-state index is -0.280. The van der Waals surface area contributed by atoms with Gasteiger partial charge in [-0.15, -0.1) is 0 Å². The Balaban J connectivity index is 2.03. The molecule has 2 aromatic rings. The average molecular weight is 289 g/mol. The number of hydrogen-bond donors (Lipinski definition) is 1.